The minimum atomic E-state index is -1.82. The number of methoxy groups -OCH3 is 1. The average molecular weight is 759 g/mol. The zero-order chi connectivity index (χ0) is 40.4. The number of aliphatic hydroxyl groups excluding tert-OH is 2. The van der Waals surface area contributed by atoms with E-state index in [1.807, 2.05) is 32.8 Å². The lowest BCUT2D eigenvalue weighted by Crippen LogP contribution is -2.66. The van der Waals surface area contributed by atoms with E-state index >= 15 is 0 Å². The number of likely N-dealkylation sites (N-methyl/N-ethyl adjacent to an activating group) is 1. The molecule has 53 heavy (non-hydrogen) atoms. The topological polar surface area (TPSA) is 189 Å². The number of carbonyl (C=O) groups is 1. The number of esters is 1. The predicted octanol–water partition coefficient (Wildman–Crippen LogP) is 1.56. The van der Waals surface area contributed by atoms with E-state index in [9.17, 15) is 30.3 Å². The third-order valence-corrected chi connectivity index (χ3v) is 12.2. The van der Waals surface area contributed by atoms with Crippen LogP contribution in [0.3, 0.4) is 0 Å². The van der Waals surface area contributed by atoms with Gasteiger partial charge in [0.2, 0.25) is 0 Å². The molecule has 0 spiro atoms. The summed E-state index contributed by atoms with van der Waals surface area (Å²) in [6.07, 6.45) is -2.32. The van der Waals surface area contributed by atoms with E-state index in [4.69, 9.17) is 34.8 Å². The Kier molecular flexibility index (Phi) is 15.4. The molecule has 0 aromatic carbocycles. The first-order valence-corrected chi connectivity index (χ1v) is 19.2. The van der Waals surface area contributed by atoms with Crippen molar-refractivity contribution in [3.05, 3.63) is 0 Å². The van der Waals surface area contributed by atoms with Gasteiger partial charge in [0, 0.05) is 31.5 Å². The van der Waals surface area contributed by atoms with Crippen LogP contribution in [0.1, 0.15) is 94.9 Å². The van der Waals surface area contributed by atoms with Crippen molar-refractivity contribution < 1.29 is 58.7 Å². The van der Waals surface area contributed by atoms with Gasteiger partial charge in [0.25, 0.3) is 0 Å². The lowest BCUT2D eigenvalue weighted by Gasteiger charge is -2.51. The minimum absolute atomic E-state index is 0.0208. The highest BCUT2D eigenvalue weighted by atomic mass is 16.7. The first kappa shape index (κ1) is 45.9. The van der Waals surface area contributed by atoms with E-state index in [0.717, 1.165) is 0 Å². The summed E-state index contributed by atoms with van der Waals surface area (Å²) in [4.78, 5) is 16.1. The summed E-state index contributed by atoms with van der Waals surface area (Å²) in [6.45, 7) is 17.5. The quantitative estimate of drug-likeness (QED) is 0.162. The van der Waals surface area contributed by atoms with Crippen molar-refractivity contribution in [1.82, 2.24) is 10.2 Å². The zero-order valence-electron chi connectivity index (χ0n) is 34.2. The number of hydrogen-bond acceptors (Lipinski definition) is 14. The Labute approximate surface area is 317 Å². The van der Waals surface area contributed by atoms with Crippen LogP contribution >= 0.6 is 0 Å². The highest BCUT2D eigenvalue weighted by Gasteiger charge is 2.58. The molecule has 14 nitrogen and oxygen atoms in total. The van der Waals surface area contributed by atoms with Gasteiger partial charge in [0.05, 0.1) is 29.8 Å². The first-order valence-electron chi connectivity index (χ1n) is 19.2. The van der Waals surface area contributed by atoms with Crippen LogP contribution in [0.15, 0.2) is 0 Å². The van der Waals surface area contributed by atoms with E-state index < -0.39 is 95.5 Å². The van der Waals surface area contributed by atoms with E-state index in [-0.39, 0.29) is 37.3 Å². The molecule has 0 aliphatic carbocycles. The third-order valence-electron chi connectivity index (χ3n) is 12.2. The number of aliphatic hydroxyl groups is 5. The van der Waals surface area contributed by atoms with Crippen LogP contribution < -0.4 is 5.32 Å². The van der Waals surface area contributed by atoms with Crippen molar-refractivity contribution in [3.8, 4) is 12.3 Å². The highest BCUT2D eigenvalue weighted by Crippen LogP contribution is 2.43. The number of terminal acetylenes is 1. The summed E-state index contributed by atoms with van der Waals surface area (Å²) in [5, 5.41) is 61.6. The van der Waals surface area contributed by atoms with Gasteiger partial charge in [-0.05, 0) is 94.3 Å². The average Bonchev–Trinajstić information content (AvgIpc) is 3.08. The van der Waals surface area contributed by atoms with Crippen LogP contribution in [0.2, 0.25) is 0 Å². The number of rotatable bonds is 7. The first-order chi connectivity index (χ1) is 24.4. The molecular formula is C39H70N2O12. The molecule has 3 aliphatic heterocycles. The molecule has 0 aromatic rings. The molecule has 0 aromatic heterocycles. The molecule has 0 amide bonds. The van der Waals surface area contributed by atoms with Gasteiger partial charge in [-0.3, -0.25) is 4.79 Å². The van der Waals surface area contributed by atoms with Crippen molar-refractivity contribution in [2.45, 2.75) is 185 Å². The van der Waals surface area contributed by atoms with Crippen molar-refractivity contribution in [1.29, 1.82) is 0 Å². The predicted molar refractivity (Wildman–Crippen MR) is 197 cm³/mol. The van der Waals surface area contributed by atoms with Gasteiger partial charge < -0.3 is 64.2 Å². The van der Waals surface area contributed by atoms with E-state index in [2.05, 4.69) is 11.2 Å². The molecule has 14 heteroatoms. The molecule has 0 bridgehead atoms. The molecular weight excluding hydrogens is 688 g/mol. The summed E-state index contributed by atoms with van der Waals surface area (Å²) in [5.74, 6) is -0.329. The standard InChI is InChI=1S/C39H70N2O12/c1-15-28-38(11,46)32(43)25(7)40-20-21(3)18-36(9,45)33(53-35-30(42)27(41(12)13)17-22(4)49-35)23(5)31(24(6)34(44)51-28)52-29-19-37(10,48-14)39(47,16-2)26(8)50-29/h2,21-33,35,40,42-43,45-47H,15,17-20H2,1,3-14H3/t21-,22-,23+,24-,25-,26+,27+,28-,29+,30-,31+,32-,33-,35+,36-,37-,38-,39-/m1/s1. The Balaban J connectivity index is 2.18. The normalized spacial score (nSPS) is 49.7. The molecule has 3 saturated heterocycles. The smallest absolute Gasteiger partial charge is 0.311 e. The Morgan fingerprint density at radius 3 is 2.17 bits per heavy atom. The summed E-state index contributed by atoms with van der Waals surface area (Å²) in [6, 6.07) is -0.895. The number of ether oxygens (including phenoxy) is 6. The van der Waals surface area contributed by atoms with E-state index in [1.54, 1.807) is 48.5 Å². The van der Waals surface area contributed by atoms with Gasteiger partial charge in [0.15, 0.2) is 18.2 Å². The van der Waals surface area contributed by atoms with Crippen molar-refractivity contribution in [3.63, 3.8) is 0 Å². The molecule has 18 atom stereocenters. The molecule has 3 fully saturated rings. The monoisotopic (exact) mass is 758 g/mol. The Morgan fingerprint density at radius 1 is 1.00 bits per heavy atom. The number of nitrogens with one attached hydrogen (secondary N) is 1. The van der Waals surface area contributed by atoms with Crippen LogP contribution in [-0.2, 0) is 33.2 Å². The SMILES string of the molecule is C#C[C@@]1(O)[C@H](C)O[C@@H](O[C@H]2[C@H](C)[C@@H](O[C@@H]3O[C@H](C)C[C@H](N(C)C)[C@H]3O)[C@](C)(O)C[C@@H](C)CN[C@H](C)[C@@H](O)[C@](C)(O)[C@@H](CC)OC(=O)[C@@H]2C)C[C@@]1(C)OC. The largest absolute Gasteiger partial charge is 0.459 e. The Hall–Kier alpha value is -1.45. The molecule has 0 radical (unpaired) electrons. The van der Waals surface area contributed by atoms with Crippen LogP contribution in [-0.4, -0.2) is 154 Å². The van der Waals surface area contributed by atoms with Crippen LogP contribution in [0, 0.1) is 30.1 Å². The molecule has 308 valence electrons. The summed E-state index contributed by atoms with van der Waals surface area (Å²) in [5.41, 5.74) is -6.52. The van der Waals surface area contributed by atoms with Gasteiger partial charge in [-0.2, -0.15) is 0 Å². The minimum Gasteiger partial charge on any atom is -0.459 e. The lowest BCUT2D eigenvalue weighted by atomic mass is 9.76. The van der Waals surface area contributed by atoms with Crippen LogP contribution in [0.4, 0.5) is 0 Å². The highest BCUT2D eigenvalue weighted by molar-refractivity contribution is 5.73. The summed E-state index contributed by atoms with van der Waals surface area (Å²) < 4.78 is 37.5. The number of hydrogen-bond donors (Lipinski definition) is 6. The molecule has 3 heterocycles. The Morgan fingerprint density at radius 2 is 1.62 bits per heavy atom. The molecule has 0 unspecified atom stereocenters. The number of nitrogens with zero attached hydrogens (tertiary/aromatic N) is 1. The summed E-state index contributed by atoms with van der Waals surface area (Å²) in [7, 11) is 5.18. The fraction of sp³-hybridized carbons (Fsp3) is 0.923. The fourth-order valence-corrected chi connectivity index (χ4v) is 8.63. The second-order valence-electron chi connectivity index (χ2n) is 17.0. The molecule has 3 aliphatic rings. The lowest BCUT2D eigenvalue weighted by molar-refractivity contribution is -0.327. The molecule has 6 N–H and O–H groups in total. The maximum Gasteiger partial charge on any atom is 0.311 e. The van der Waals surface area contributed by atoms with Crippen LogP contribution in [0.5, 0.6) is 0 Å². The third kappa shape index (κ3) is 9.75. The maximum atomic E-state index is 14.2. The van der Waals surface area contributed by atoms with Gasteiger partial charge in [-0.25, -0.2) is 0 Å². The second-order valence-corrected chi connectivity index (χ2v) is 17.0. The van der Waals surface area contributed by atoms with Gasteiger partial charge in [-0.15, -0.1) is 6.42 Å². The van der Waals surface area contributed by atoms with E-state index in [1.165, 1.54) is 14.0 Å². The van der Waals surface area contributed by atoms with Crippen LogP contribution in [0.25, 0.3) is 0 Å². The van der Waals surface area contributed by atoms with E-state index in [0.29, 0.717) is 13.0 Å². The van der Waals surface area contributed by atoms with Crippen molar-refractivity contribution >= 4 is 5.97 Å². The Bertz CT molecular complexity index is 1250. The summed E-state index contributed by atoms with van der Waals surface area (Å²) >= 11 is 0. The zero-order valence-corrected chi connectivity index (χ0v) is 34.2. The van der Waals surface area contributed by atoms with Gasteiger partial charge >= 0.3 is 5.97 Å². The fourth-order valence-electron chi connectivity index (χ4n) is 8.63. The maximum absolute atomic E-state index is 14.2. The molecule has 3 rings (SSSR count). The number of cyclic esters (lactones) is 1. The van der Waals surface area contributed by atoms with Crippen molar-refractivity contribution in [2.24, 2.45) is 17.8 Å². The van der Waals surface area contributed by atoms with Crippen molar-refractivity contribution in [2.75, 3.05) is 27.7 Å². The number of carbonyl (C=O) groups excluding carboxylic acids is 1. The van der Waals surface area contributed by atoms with Gasteiger partial charge in [-0.1, -0.05) is 26.7 Å². The van der Waals surface area contributed by atoms with Gasteiger partial charge in [0.1, 0.15) is 35.6 Å². The molecule has 0 saturated carbocycles. The second kappa shape index (κ2) is 17.8.